The third kappa shape index (κ3) is 4.01. The molecule has 0 aliphatic carbocycles. The van der Waals surface area contributed by atoms with Gasteiger partial charge in [-0.3, -0.25) is 0 Å². The second kappa shape index (κ2) is 7.64. The predicted octanol–water partition coefficient (Wildman–Crippen LogP) is 4.67. The molecule has 1 aromatic carbocycles. The molecule has 4 nitrogen and oxygen atoms in total. The number of aryl methyl sites for hydroxylation is 1. The number of nitrogens with zero attached hydrogens (tertiary/aromatic N) is 2. The lowest BCUT2D eigenvalue weighted by molar-refractivity contribution is 0.257. The van der Waals surface area contributed by atoms with E-state index in [1.54, 1.807) is 11.8 Å². The second-order valence-corrected chi connectivity index (χ2v) is 10.7. The van der Waals surface area contributed by atoms with Gasteiger partial charge in [-0.15, -0.1) is 11.8 Å². The minimum atomic E-state index is -1.05. The summed E-state index contributed by atoms with van der Waals surface area (Å²) in [6, 6.07) is 8.54. The van der Waals surface area contributed by atoms with Gasteiger partial charge in [0.1, 0.15) is 16.8 Å². The van der Waals surface area contributed by atoms with Crippen LogP contribution in [0.4, 0.5) is 0 Å². The molecule has 2 aromatic rings. The van der Waals surface area contributed by atoms with E-state index in [9.17, 15) is 4.21 Å². The predicted molar refractivity (Wildman–Crippen MR) is 108 cm³/mol. The lowest BCUT2D eigenvalue weighted by Gasteiger charge is -2.37. The van der Waals surface area contributed by atoms with Crippen LogP contribution >= 0.6 is 11.8 Å². The Kier molecular flexibility index (Phi) is 5.71. The molecule has 6 heteroatoms. The summed E-state index contributed by atoms with van der Waals surface area (Å²) in [7, 11) is -1.05. The number of H-pyrrole nitrogens is 1. The van der Waals surface area contributed by atoms with Gasteiger partial charge in [0, 0.05) is 6.54 Å². The van der Waals surface area contributed by atoms with Crippen LogP contribution in [0.15, 0.2) is 30.5 Å². The molecule has 0 amide bonds. The molecule has 0 bridgehead atoms. The summed E-state index contributed by atoms with van der Waals surface area (Å²) in [5.41, 5.74) is 3.41. The van der Waals surface area contributed by atoms with E-state index in [0.717, 1.165) is 42.9 Å². The SMILES string of the molecule is CSC(C)(C)S(=O)N1CCCCC1c1ncc(-c2ccc(C)cc2)[nH]1. The molecule has 1 aliphatic rings. The average Bonchev–Trinajstić information content (AvgIpc) is 3.11. The molecule has 1 fully saturated rings. The summed E-state index contributed by atoms with van der Waals surface area (Å²) in [4.78, 5) is 8.12. The summed E-state index contributed by atoms with van der Waals surface area (Å²) >= 11 is 1.66. The van der Waals surface area contributed by atoms with Crippen LogP contribution in [0.2, 0.25) is 0 Å². The van der Waals surface area contributed by atoms with Gasteiger partial charge in [0.2, 0.25) is 0 Å². The molecule has 136 valence electrons. The summed E-state index contributed by atoms with van der Waals surface area (Å²) in [6.07, 6.45) is 7.17. The Hall–Kier alpha value is -1.11. The number of aromatic nitrogens is 2. The normalized spacial score (nSPS) is 20.6. The van der Waals surface area contributed by atoms with Crippen molar-refractivity contribution >= 4 is 22.7 Å². The number of hydrogen-bond acceptors (Lipinski definition) is 3. The van der Waals surface area contributed by atoms with Crippen molar-refractivity contribution in [2.24, 2.45) is 0 Å². The standard InChI is InChI=1S/C19H27N3OS2/c1-14-8-10-15(11-9-14)16-13-20-18(21-16)17-7-5-6-12-22(17)25(23)19(2,3)24-4/h8-11,13,17H,5-7,12H2,1-4H3,(H,20,21). The van der Waals surface area contributed by atoms with E-state index in [2.05, 4.69) is 59.3 Å². The minimum Gasteiger partial charge on any atom is -0.341 e. The van der Waals surface area contributed by atoms with E-state index in [0.29, 0.717) is 0 Å². The van der Waals surface area contributed by atoms with Crippen LogP contribution < -0.4 is 0 Å². The summed E-state index contributed by atoms with van der Waals surface area (Å²) in [5.74, 6) is 0.931. The van der Waals surface area contributed by atoms with Crippen LogP contribution in [-0.4, -0.2) is 35.4 Å². The van der Waals surface area contributed by atoms with E-state index < -0.39 is 11.0 Å². The first kappa shape index (κ1) is 18.7. The Labute approximate surface area is 157 Å². The highest BCUT2D eigenvalue weighted by atomic mass is 32.2. The van der Waals surface area contributed by atoms with Crippen LogP contribution in [0.3, 0.4) is 0 Å². The average molecular weight is 378 g/mol. The van der Waals surface area contributed by atoms with Gasteiger partial charge in [0.25, 0.3) is 0 Å². The lowest BCUT2D eigenvalue weighted by atomic mass is 10.0. The van der Waals surface area contributed by atoms with Gasteiger partial charge in [0.05, 0.1) is 22.0 Å². The molecule has 2 heterocycles. The van der Waals surface area contributed by atoms with Crippen LogP contribution in [-0.2, 0) is 11.0 Å². The first-order chi connectivity index (χ1) is 11.9. The maximum absolute atomic E-state index is 13.1. The number of piperidine rings is 1. The Morgan fingerprint density at radius 2 is 2.00 bits per heavy atom. The maximum atomic E-state index is 13.1. The van der Waals surface area contributed by atoms with Crippen molar-refractivity contribution in [3.05, 3.63) is 41.9 Å². The highest BCUT2D eigenvalue weighted by Gasteiger charge is 2.37. The van der Waals surface area contributed by atoms with Crippen LogP contribution in [0.1, 0.15) is 50.5 Å². The van der Waals surface area contributed by atoms with Crippen molar-refractivity contribution in [1.82, 2.24) is 14.3 Å². The topological polar surface area (TPSA) is 49.0 Å². The number of rotatable bonds is 5. The van der Waals surface area contributed by atoms with Crippen molar-refractivity contribution in [2.45, 2.75) is 50.2 Å². The zero-order chi connectivity index (χ0) is 18.0. The first-order valence-electron chi connectivity index (χ1n) is 8.78. The fourth-order valence-electron chi connectivity index (χ4n) is 3.12. The lowest BCUT2D eigenvalue weighted by Crippen LogP contribution is -2.42. The van der Waals surface area contributed by atoms with Crippen LogP contribution in [0.5, 0.6) is 0 Å². The Balaban J connectivity index is 1.86. The van der Waals surface area contributed by atoms with Crippen LogP contribution in [0.25, 0.3) is 11.3 Å². The molecule has 1 saturated heterocycles. The fraction of sp³-hybridized carbons (Fsp3) is 0.526. The van der Waals surface area contributed by atoms with E-state index in [4.69, 9.17) is 0 Å². The number of hydrogen-bond donors (Lipinski definition) is 1. The molecule has 2 atom stereocenters. The highest BCUT2D eigenvalue weighted by Crippen LogP contribution is 2.37. The molecule has 0 saturated carbocycles. The smallest absolute Gasteiger partial charge is 0.124 e. The van der Waals surface area contributed by atoms with Crippen molar-refractivity contribution in [1.29, 1.82) is 0 Å². The Morgan fingerprint density at radius 3 is 2.68 bits per heavy atom. The van der Waals surface area contributed by atoms with E-state index in [1.807, 2.05) is 12.5 Å². The van der Waals surface area contributed by atoms with E-state index >= 15 is 0 Å². The van der Waals surface area contributed by atoms with Gasteiger partial charge in [-0.1, -0.05) is 36.2 Å². The van der Waals surface area contributed by atoms with Gasteiger partial charge in [-0.25, -0.2) is 13.5 Å². The van der Waals surface area contributed by atoms with Gasteiger partial charge in [-0.05, 0) is 45.4 Å². The quantitative estimate of drug-likeness (QED) is 0.823. The molecule has 2 unspecified atom stereocenters. The van der Waals surface area contributed by atoms with Gasteiger partial charge < -0.3 is 4.98 Å². The van der Waals surface area contributed by atoms with E-state index in [1.165, 1.54) is 5.56 Å². The van der Waals surface area contributed by atoms with Crippen molar-refractivity contribution in [3.63, 3.8) is 0 Å². The summed E-state index contributed by atoms with van der Waals surface area (Å²) in [5, 5.41) is 0. The fourth-order valence-corrected chi connectivity index (χ4v) is 5.27. The minimum absolute atomic E-state index is 0.0974. The highest BCUT2D eigenvalue weighted by molar-refractivity contribution is 8.11. The number of thioether (sulfide) groups is 1. The summed E-state index contributed by atoms with van der Waals surface area (Å²) in [6.45, 7) is 7.06. The zero-order valence-corrected chi connectivity index (χ0v) is 17.0. The largest absolute Gasteiger partial charge is 0.341 e. The number of aromatic amines is 1. The molecule has 3 rings (SSSR count). The van der Waals surface area contributed by atoms with Crippen molar-refractivity contribution < 1.29 is 4.21 Å². The number of imidazole rings is 1. The number of nitrogens with one attached hydrogen (secondary N) is 1. The van der Waals surface area contributed by atoms with E-state index in [-0.39, 0.29) is 10.1 Å². The maximum Gasteiger partial charge on any atom is 0.124 e. The van der Waals surface area contributed by atoms with Crippen molar-refractivity contribution in [2.75, 3.05) is 12.8 Å². The Bertz CT molecular complexity index is 739. The number of benzene rings is 1. The first-order valence-corrected chi connectivity index (χ1v) is 11.1. The monoisotopic (exact) mass is 377 g/mol. The molecule has 0 radical (unpaired) electrons. The molecule has 1 aliphatic heterocycles. The van der Waals surface area contributed by atoms with Crippen molar-refractivity contribution in [3.8, 4) is 11.3 Å². The molecular formula is C19H27N3OS2. The van der Waals surface area contributed by atoms with Gasteiger partial charge >= 0.3 is 0 Å². The molecule has 1 aromatic heterocycles. The molecule has 1 N–H and O–H groups in total. The molecule has 25 heavy (non-hydrogen) atoms. The third-order valence-corrected chi connectivity index (χ3v) is 8.47. The van der Waals surface area contributed by atoms with Crippen LogP contribution in [0, 0.1) is 6.92 Å². The summed E-state index contributed by atoms with van der Waals surface area (Å²) < 4.78 is 15.0. The second-order valence-electron chi connectivity index (χ2n) is 7.05. The van der Waals surface area contributed by atoms with Gasteiger partial charge in [0.15, 0.2) is 0 Å². The molecular weight excluding hydrogens is 350 g/mol. The van der Waals surface area contributed by atoms with Gasteiger partial charge in [-0.2, -0.15) is 0 Å². The molecule has 0 spiro atoms. The zero-order valence-electron chi connectivity index (χ0n) is 15.4. The Morgan fingerprint density at radius 1 is 1.28 bits per heavy atom. The third-order valence-electron chi connectivity index (χ3n) is 4.85.